The Bertz CT molecular complexity index is 535. The number of nitrogens with zero attached hydrogens (tertiary/aromatic N) is 2. The Hall–Kier alpha value is -1.26. The van der Waals surface area contributed by atoms with Gasteiger partial charge in [-0.15, -0.1) is 12.3 Å². The molecule has 0 aromatic rings. The lowest BCUT2D eigenvalue weighted by molar-refractivity contribution is 0.0694. The predicted octanol–water partition coefficient (Wildman–Crippen LogP) is 1.82. The summed E-state index contributed by atoms with van der Waals surface area (Å²) in [6.07, 6.45) is 10.7. The molecule has 2 saturated heterocycles. The predicted molar refractivity (Wildman–Crippen MR) is 88.4 cm³/mol. The zero-order chi connectivity index (χ0) is 16.7. The molecule has 6 nitrogen and oxygen atoms in total. The summed E-state index contributed by atoms with van der Waals surface area (Å²) in [5.41, 5.74) is 0. The minimum atomic E-state index is -3.38. The van der Waals surface area contributed by atoms with Crippen LogP contribution in [0.15, 0.2) is 0 Å². The van der Waals surface area contributed by atoms with Gasteiger partial charge in [-0.1, -0.05) is 6.42 Å². The fraction of sp³-hybridized carbons (Fsp3) is 0.812. The van der Waals surface area contributed by atoms with Gasteiger partial charge in [0.2, 0.25) is 10.0 Å². The highest BCUT2D eigenvalue weighted by atomic mass is 32.2. The molecule has 0 aromatic carbocycles. The molecule has 2 fully saturated rings. The van der Waals surface area contributed by atoms with Crippen LogP contribution < -0.4 is 0 Å². The van der Waals surface area contributed by atoms with Gasteiger partial charge in [0.15, 0.2) is 0 Å². The molecule has 0 radical (unpaired) electrons. The van der Waals surface area contributed by atoms with Crippen LogP contribution in [0.5, 0.6) is 0 Å². The van der Waals surface area contributed by atoms with Crippen LogP contribution in [-0.2, 0) is 14.8 Å². The molecule has 7 heteroatoms. The third-order valence-corrected chi connectivity index (χ3v) is 6.36. The van der Waals surface area contributed by atoms with Crippen molar-refractivity contribution in [2.24, 2.45) is 0 Å². The Labute approximate surface area is 139 Å². The molecule has 0 saturated carbocycles. The molecule has 0 N–H and O–H groups in total. The highest BCUT2D eigenvalue weighted by Gasteiger charge is 2.33. The molecule has 2 aliphatic rings. The number of hydrogen-bond acceptors (Lipinski definition) is 4. The second-order valence-electron chi connectivity index (χ2n) is 6.16. The number of likely N-dealkylation sites (tertiary alicyclic amines) is 1. The van der Waals surface area contributed by atoms with Crippen LogP contribution in [0.1, 0.15) is 44.9 Å². The number of sulfonamides is 1. The Morgan fingerprint density at radius 3 is 2.52 bits per heavy atom. The van der Waals surface area contributed by atoms with Gasteiger partial charge >= 0.3 is 6.09 Å². The summed E-state index contributed by atoms with van der Waals surface area (Å²) in [7, 11) is -3.38. The summed E-state index contributed by atoms with van der Waals surface area (Å²) >= 11 is 0. The lowest BCUT2D eigenvalue weighted by atomic mass is 10.1. The number of hydrogen-bond donors (Lipinski definition) is 0. The zero-order valence-corrected chi connectivity index (χ0v) is 14.4. The van der Waals surface area contributed by atoms with Crippen molar-refractivity contribution < 1.29 is 17.9 Å². The van der Waals surface area contributed by atoms with E-state index in [0.717, 1.165) is 51.6 Å². The van der Waals surface area contributed by atoms with Crippen molar-refractivity contribution >= 4 is 16.1 Å². The largest absolute Gasteiger partial charge is 0.448 e. The average Bonchev–Trinajstić information content (AvgIpc) is 2.59. The van der Waals surface area contributed by atoms with Gasteiger partial charge in [-0.25, -0.2) is 13.2 Å². The van der Waals surface area contributed by atoms with Crippen LogP contribution in [0.3, 0.4) is 0 Å². The Morgan fingerprint density at radius 2 is 1.83 bits per heavy atom. The van der Waals surface area contributed by atoms with E-state index in [1.807, 2.05) is 0 Å². The molecule has 0 bridgehead atoms. The van der Waals surface area contributed by atoms with Crippen molar-refractivity contribution in [2.75, 3.05) is 32.0 Å². The average molecular weight is 342 g/mol. The van der Waals surface area contributed by atoms with Crippen molar-refractivity contribution in [1.82, 2.24) is 9.21 Å². The van der Waals surface area contributed by atoms with Crippen LogP contribution >= 0.6 is 0 Å². The lowest BCUT2D eigenvalue weighted by Crippen LogP contribution is -2.48. The Morgan fingerprint density at radius 1 is 1.13 bits per heavy atom. The van der Waals surface area contributed by atoms with Crippen molar-refractivity contribution in [3.63, 3.8) is 0 Å². The van der Waals surface area contributed by atoms with Crippen molar-refractivity contribution in [3.05, 3.63) is 0 Å². The summed E-state index contributed by atoms with van der Waals surface area (Å²) in [6, 6.07) is -0.264. The molecular formula is C16H26N2O4S. The van der Waals surface area contributed by atoms with E-state index in [1.165, 1.54) is 4.31 Å². The summed E-state index contributed by atoms with van der Waals surface area (Å²) in [5.74, 6) is 2.33. The standard InChI is InChI=1S/C16H26N2O4S/c1-2-3-13-23(20,21)18-12-8-5-9-15(18)14-22-16(19)17-10-6-4-7-11-17/h1,15H,3-14H2/t15-/m0/s1. The molecule has 130 valence electrons. The number of carbonyl (C=O) groups is 1. The van der Waals surface area contributed by atoms with Gasteiger partial charge in [0.05, 0.1) is 11.8 Å². The van der Waals surface area contributed by atoms with E-state index in [1.54, 1.807) is 4.90 Å². The first kappa shape index (κ1) is 18.1. The number of terminal acetylenes is 1. The van der Waals surface area contributed by atoms with Gasteiger partial charge in [-0.05, 0) is 32.1 Å². The van der Waals surface area contributed by atoms with E-state index in [9.17, 15) is 13.2 Å². The van der Waals surface area contributed by atoms with E-state index in [4.69, 9.17) is 11.2 Å². The van der Waals surface area contributed by atoms with Gasteiger partial charge in [0.25, 0.3) is 0 Å². The third kappa shape index (κ3) is 5.11. The highest BCUT2D eigenvalue weighted by Crippen LogP contribution is 2.22. The summed E-state index contributed by atoms with van der Waals surface area (Å²) in [4.78, 5) is 13.8. The van der Waals surface area contributed by atoms with Crippen LogP contribution in [0, 0.1) is 12.3 Å². The number of piperidine rings is 2. The first-order valence-electron chi connectivity index (χ1n) is 8.39. The number of carbonyl (C=O) groups excluding carboxylic acids is 1. The molecule has 1 amide bonds. The minimum absolute atomic E-state index is 0.0416. The highest BCUT2D eigenvalue weighted by molar-refractivity contribution is 7.89. The third-order valence-electron chi connectivity index (χ3n) is 4.45. The second-order valence-corrected chi connectivity index (χ2v) is 8.20. The quantitative estimate of drug-likeness (QED) is 0.715. The second kappa shape index (κ2) is 8.55. The van der Waals surface area contributed by atoms with Crippen molar-refractivity contribution in [2.45, 2.75) is 51.0 Å². The van der Waals surface area contributed by atoms with Crippen LogP contribution in [0.25, 0.3) is 0 Å². The van der Waals surface area contributed by atoms with Crippen LogP contribution in [0.4, 0.5) is 4.79 Å². The first-order chi connectivity index (χ1) is 11.0. The maximum absolute atomic E-state index is 12.4. The normalized spacial score (nSPS) is 23.3. The van der Waals surface area contributed by atoms with E-state index >= 15 is 0 Å². The van der Waals surface area contributed by atoms with Crippen LogP contribution in [0.2, 0.25) is 0 Å². The molecule has 0 aromatic heterocycles. The molecule has 0 unspecified atom stereocenters. The molecule has 23 heavy (non-hydrogen) atoms. The minimum Gasteiger partial charge on any atom is -0.448 e. The van der Waals surface area contributed by atoms with Crippen molar-refractivity contribution in [1.29, 1.82) is 0 Å². The maximum atomic E-state index is 12.4. The Kier molecular flexibility index (Phi) is 6.72. The molecular weight excluding hydrogens is 316 g/mol. The monoisotopic (exact) mass is 342 g/mol. The topological polar surface area (TPSA) is 66.9 Å². The molecule has 2 heterocycles. The van der Waals surface area contributed by atoms with E-state index in [-0.39, 0.29) is 30.9 Å². The smallest absolute Gasteiger partial charge is 0.409 e. The number of amides is 1. The molecule has 0 spiro atoms. The molecule has 2 rings (SSSR count). The van der Waals surface area contributed by atoms with Crippen LogP contribution in [-0.4, -0.2) is 61.8 Å². The van der Waals surface area contributed by atoms with E-state index in [2.05, 4.69) is 5.92 Å². The fourth-order valence-electron chi connectivity index (χ4n) is 3.15. The number of rotatable bonds is 5. The van der Waals surface area contributed by atoms with Crippen molar-refractivity contribution in [3.8, 4) is 12.3 Å². The molecule has 0 aliphatic carbocycles. The fourth-order valence-corrected chi connectivity index (χ4v) is 4.79. The van der Waals surface area contributed by atoms with Gasteiger partial charge in [0, 0.05) is 26.1 Å². The number of ether oxygens (including phenoxy) is 1. The lowest BCUT2D eigenvalue weighted by Gasteiger charge is -2.35. The SMILES string of the molecule is C#CCCS(=O)(=O)N1CCCC[C@H]1COC(=O)N1CCCCC1. The maximum Gasteiger partial charge on any atom is 0.409 e. The van der Waals surface area contributed by atoms with E-state index in [0.29, 0.717) is 6.54 Å². The van der Waals surface area contributed by atoms with Gasteiger partial charge in [0.1, 0.15) is 6.61 Å². The van der Waals surface area contributed by atoms with Gasteiger partial charge in [-0.2, -0.15) is 4.31 Å². The van der Waals surface area contributed by atoms with Gasteiger partial charge < -0.3 is 9.64 Å². The first-order valence-corrected chi connectivity index (χ1v) is 10.00. The molecule has 2 aliphatic heterocycles. The summed E-state index contributed by atoms with van der Waals surface area (Å²) in [5, 5.41) is 0. The van der Waals surface area contributed by atoms with Gasteiger partial charge in [-0.3, -0.25) is 0 Å². The molecule has 1 atom stereocenters. The summed E-state index contributed by atoms with van der Waals surface area (Å²) < 4.78 is 31.6. The van der Waals surface area contributed by atoms with E-state index < -0.39 is 10.0 Å². The zero-order valence-electron chi connectivity index (χ0n) is 13.6. The Balaban J connectivity index is 1.90. The summed E-state index contributed by atoms with van der Waals surface area (Å²) in [6.45, 7) is 2.07.